The Morgan fingerprint density at radius 3 is 2.72 bits per heavy atom. The number of hydrogen-bond acceptors (Lipinski definition) is 4. The highest BCUT2D eigenvalue weighted by Crippen LogP contribution is 2.32. The standard InChI is InChI=1S/C13H20N2O3/c1-4-10(13(14)16)18-12-9(8-15-2)6-5-7-11(12)17-3/h5-7,10,15H,4,8H2,1-3H3,(H2,14,16). The van der Waals surface area contributed by atoms with E-state index in [1.54, 1.807) is 13.2 Å². The predicted molar refractivity (Wildman–Crippen MR) is 69.7 cm³/mol. The van der Waals surface area contributed by atoms with E-state index in [0.29, 0.717) is 24.5 Å². The molecule has 5 nitrogen and oxygen atoms in total. The maximum atomic E-state index is 11.2. The van der Waals surface area contributed by atoms with Crippen LogP contribution in [0.4, 0.5) is 0 Å². The second-order valence-corrected chi connectivity index (χ2v) is 3.90. The topological polar surface area (TPSA) is 73.6 Å². The van der Waals surface area contributed by atoms with Crippen molar-refractivity contribution >= 4 is 5.91 Å². The van der Waals surface area contributed by atoms with Crippen molar-refractivity contribution in [3.63, 3.8) is 0 Å². The van der Waals surface area contributed by atoms with E-state index in [0.717, 1.165) is 5.56 Å². The van der Waals surface area contributed by atoms with Gasteiger partial charge in [0.1, 0.15) is 0 Å². The van der Waals surface area contributed by atoms with Crippen molar-refractivity contribution < 1.29 is 14.3 Å². The molecule has 0 aromatic heterocycles. The normalized spacial score (nSPS) is 11.9. The molecule has 3 N–H and O–H groups in total. The molecule has 1 rings (SSSR count). The third-order valence-electron chi connectivity index (χ3n) is 2.60. The Labute approximate surface area is 107 Å². The van der Waals surface area contributed by atoms with Crippen LogP contribution in [0.2, 0.25) is 0 Å². The van der Waals surface area contributed by atoms with Crippen molar-refractivity contribution in [2.75, 3.05) is 14.2 Å². The Kier molecular flexibility index (Phi) is 5.45. The summed E-state index contributed by atoms with van der Waals surface area (Å²) in [7, 11) is 3.41. The van der Waals surface area contributed by atoms with Gasteiger partial charge >= 0.3 is 0 Å². The summed E-state index contributed by atoms with van der Waals surface area (Å²) in [5.74, 6) is 0.696. The van der Waals surface area contributed by atoms with Gasteiger partial charge in [-0.15, -0.1) is 0 Å². The lowest BCUT2D eigenvalue weighted by atomic mass is 10.1. The number of methoxy groups -OCH3 is 1. The van der Waals surface area contributed by atoms with Gasteiger partial charge in [-0.1, -0.05) is 19.1 Å². The number of para-hydroxylation sites is 1. The predicted octanol–water partition coefficient (Wildman–Crippen LogP) is 1.06. The van der Waals surface area contributed by atoms with Gasteiger partial charge in [-0.3, -0.25) is 4.79 Å². The molecule has 0 aliphatic heterocycles. The minimum absolute atomic E-state index is 0.473. The van der Waals surface area contributed by atoms with E-state index in [-0.39, 0.29) is 0 Å². The van der Waals surface area contributed by atoms with Crippen LogP contribution in [0.3, 0.4) is 0 Å². The van der Waals surface area contributed by atoms with Crippen molar-refractivity contribution in [3.8, 4) is 11.5 Å². The first-order valence-corrected chi connectivity index (χ1v) is 5.90. The van der Waals surface area contributed by atoms with Gasteiger partial charge in [0.2, 0.25) is 0 Å². The van der Waals surface area contributed by atoms with E-state index < -0.39 is 12.0 Å². The van der Waals surface area contributed by atoms with E-state index in [1.165, 1.54) is 0 Å². The molecule has 5 heteroatoms. The van der Waals surface area contributed by atoms with Gasteiger partial charge in [-0.2, -0.15) is 0 Å². The molecule has 1 atom stereocenters. The van der Waals surface area contributed by atoms with Crippen LogP contribution in [0.25, 0.3) is 0 Å². The number of carbonyl (C=O) groups excluding carboxylic acids is 1. The number of amides is 1. The Morgan fingerprint density at radius 2 is 2.22 bits per heavy atom. The van der Waals surface area contributed by atoms with Gasteiger partial charge < -0.3 is 20.5 Å². The van der Waals surface area contributed by atoms with Gasteiger partial charge in [-0.25, -0.2) is 0 Å². The lowest BCUT2D eigenvalue weighted by Gasteiger charge is -2.19. The summed E-state index contributed by atoms with van der Waals surface area (Å²) in [6.07, 6.45) is -0.122. The highest BCUT2D eigenvalue weighted by atomic mass is 16.5. The quantitative estimate of drug-likeness (QED) is 0.761. The summed E-state index contributed by atoms with van der Waals surface area (Å²) in [6.45, 7) is 2.48. The molecule has 1 aromatic rings. The summed E-state index contributed by atoms with van der Waals surface area (Å²) in [5.41, 5.74) is 6.22. The molecule has 0 fully saturated rings. The SMILES string of the molecule is CCC(Oc1c(CNC)cccc1OC)C(N)=O. The van der Waals surface area contributed by atoms with Gasteiger partial charge in [-0.05, 0) is 19.5 Å². The minimum Gasteiger partial charge on any atom is -0.493 e. The van der Waals surface area contributed by atoms with Crippen LogP contribution in [0.15, 0.2) is 18.2 Å². The Hall–Kier alpha value is -1.75. The molecule has 1 unspecified atom stereocenters. The van der Waals surface area contributed by atoms with E-state index >= 15 is 0 Å². The Bertz CT molecular complexity index is 407. The van der Waals surface area contributed by atoms with Gasteiger partial charge in [0.25, 0.3) is 5.91 Å². The summed E-state index contributed by atoms with van der Waals surface area (Å²) in [4.78, 5) is 11.2. The minimum atomic E-state index is -0.642. The first-order valence-electron chi connectivity index (χ1n) is 5.90. The fraction of sp³-hybridized carbons (Fsp3) is 0.462. The largest absolute Gasteiger partial charge is 0.493 e. The average molecular weight is 252 g/mol. The third kappa shape index (κ3) is 3.37. The van der Waals surface area contributed by atoms with E-state index in [4.69, 9.17) is 15.2 Å². The Morgan fingerprint density at radius 1 is 1.50 bits per heavy atom. The number of rotatable bonds is 7. The summed E-state index contributed by atoms with van der Waals surface area (Å²) in [5, 5.41) is 3.04. The zero-order chi connectivity index (χ0) is 13.5. The molecule has 0 radical (unpaired) electrons. The first kappa shape index (κ1) is 14.3. The number of hydrogen-bond donors (Lipinski definition) is 2. The molecule has 0 aliphatic carbocycles. The molecule has 0 heterocycles. The highest BCUT2D eigenvalue weighted by molar-refractivity contribution is 5.79. The number of ether oxygens (including phenoxy) is 2. The van der Waals surface area contributed by atoms with Crippen LogP contribution in [0.5, 0.6) is 11.5 Å². The molecular formula is C13H20N2O3. The zero-order valence-electron chi connectivity index (χ0n) is 11.0. The molecule has 0 spiro atoms. The summed E-state index contributed by atoms with van der Waals surface area (Å²) >= 11 is 0. The molecule has 1 amide bonds. The van der Waals surface area contributed by atoms with Crippen LogP contribution in [-0.2, 0) is 11.3 Å². The van der Waals surface area contributed by atoms with Gasteiger partial charge in [0, 0.05) is 12.1 Å². The van der Waals surface area contributed by atoms with Crippen LogP contribution in [0, 0.1) is 0 Å². The molecule has 1 aromatic carbocycles. The molecular weight excluding hydrogens is 232 g/mol. The van der Waals surface area contributed by atoms with Crippen LogP contribution in [0.1, 0.15) is 18.9 Å². The summed E-state index contributed by atoms with van der Waals surface area (Å²) in [6, 6.07) is 5.59. The van der Waals surface area contributed by atoms with Crippen molar-refractivity contribution in [2.45, 2.75) is 26.0 Å². The monoisotopic (exact) mass is 252 g/mol. The maximum absolute atomic E-state index is 11.2. The van der Waals surface area contributed by atoms with Crippen LogP contribution >= 0.6 is 0 Å². The Balaban J connectivity index is 3.06. The number of nitrogens with two attached hydrogens (primary N) is 1. The van der Waals surface area contributed by atoms with Crippen molar-refractivity contribution in [3.05, 3.63) is 23.8 Å². The number of carbonyl (C=O) groups is 1. The zero-order valence-corrected chi connectivity index (χ0v) is 11.0. The average Bonchev–Trinajstić information content (AvgIpc) is 2.36. The number of benzene rings is 1. The third-order valence-corrected chi connectivity index (χ3v) is 2.60. The fourth-order valence-corrected chi connectivity index (χ4v) is 1.67. The molecule has 0 saturated carbocycles. The first-order chi connectivity index (χ1) is 8.63. The lowest BCUT2D eigenvalue weighted by molar-refractivity contribution is -0.124. The van der Waals surface area contributed by atoms with E-state index in [2.05, 4.69) is 5.32 Å². The molecule has 100 valence electrons. The van der Waals surface area contributed by atoms with Gasteiger partial charge in [0.05, 0.1) is 7.11 Å². The number of primary amides is 1. The van der Waals surface area contributed by atoms with Crippen molar-refractivity contribution in [2.24, 2.45) is 5.73 Å². The molecule has 0 saturated heterocycles. The molecule has 0 bridgehead atoms. The lowest BCUT2D eigenvalue weighted by Crippen LogP contribution is -2.33. The second kappa shape index (κ2) is 6.86. The van der Waals surface area contributed by atoms with Crippen LogP contribution in [-0.4, -0.2) is 26.2 Å². The van der Waals surface area contributed by atoms with E-state index in [9.17, 15) is 4.79 Å². The molecule has 18 heavy (non-hydrogen) atoms. The smallest absolute Gasteiger partial charge is 0.258 e. The van der Waals surface area contributed by atoms with Gasteiger partial charge in [0.15, 0.2) is 17.6 Å². The molecule has 0 aliphatic rings. The number of nitrogens with one attached hydrogen (secondary N) is 1. The highest BCUT2D eigenvalue weighted by Gasteiger charge is 2.19. The second-order valence-electron chi connectivity index (χ2n) is 3.90. The maximum Gasteiger partial charge on any atom is 0.258 e. The summed E-state index contributed by atoms with van der Waals surface area (Å²) < 4.78 is 10.9. The van der Waals surface area contributed by atoms with E-state index in [1.807, 2.05) is 26.1 Å². The van der Waals surface area contributed by atoms with Crippen molar-refractivity contribution in [1.82, 2.24) is 5.32 Å². The van der Waals surface area contributed by atoms with Crippen molar-refractivity contribution in [1.29, 1.82) is 0 Å². The van der Waals surface area contributed by atoms with Crippen LogP contribution < -0.4 is 20.5 Å². The fourth-order valence-electron chi connectivity index (χ4n) is 1.67.